The molecule has 2 rings (SSSR count). The van der Waals surface area contributed by atoms with Gasteiger partial charge in [0, 0.05) is 25.8 Å². The summed E-state index contributed by atoms with van der Waals surface area (Å²) in [7, 11) is 1.71. The third-order valence-corrected chi connectivity index (χ3v) is 3.69. The van der Waals surface area contributed by atoms with E-state index in [0.29, 0.717) is 24.6 Å². The molecule has 1 saturated heterocycles. The van der Waals surface area contributed by atoms with Crippen LogP contribution in [0.5, 0.6) is 0 Å². The number of piperidine rings is 1. The lowest BCUT2D eigenvalue weighted by Gasteiger charge is -2.32. The van der Waals surface area contributed by atoms with Crippen molar-refractivity contribution in [3.05, 3.63) is 35.4 Å². The Labute approximate surface area is 126 Å². The largest absolute Gasteiger partial charge is 0.384 e. The average molecular weight is 286 g/mol. The van der Waals surface area contributed by atoms with Gasteiger partial charge in [0.05, 0.1) is 18.7 Å². The van der Waals surface area contributed by atoms with E-state index in [1.54, 1.807) is 7.11 Å². The minimum atomic E-state index is 0.0534. The van der Waals surface area contributed by atoms with Crippen LogP contribution in [0.2, 0.25) is 0 Å². The minimum absolute atomic E-state index is 0.0534. The summed E-state index contributed by atoms with van der Waals surface area (Å²) >= 11 is 0. The summed E-state index contributed by atoms with van der Waals surface area (Å²) in [6.07, 6.45) is 2.14. The van der Waals surface area contributed by atoms with Gasteiger partial charge in [-0.15, -0.1) is 0 Å². The first-order chi connectivity index (χ1) is 10.3. The van der Waals surface area contributed by atoms with E-state index in [1.807, 2.05) is 29.2 Å². The molecule has 0 aliphatic carbocycles. The van der Waals surface area contributed by atoms with E-state index >= 15 is 0 Å². The lowest BCUT2D eigenvalue weighted by Crippen LogP contribution is -2.41. The number of likely N-dealkylation sites (tertiary alicyclic amines) is 1. The molecule has 1 aliphatic heterocycles. The average Bonchev–Trinajstić information content (AvgIpc) is 2.53. The van der Waals surface area contributed by atoms with Crippen LogP contribution in [0.15, 0.2) is 24.3 Å². The van der Waals surface area contributed by atoms with Crippen LogP contribution in [-0.2, 0) is 4.74 Å². The predicted octanol–water partition coefficient (Wildman–Crippen LogP) is 1.50. The van der Waals surface area contributed by atoms with Crippen LogP contribution in [0, 0.1) is 17.8 Å². The highest BCUT2D eigenvalue weighted by Crippen LogP contribution is 2.20. The summed E-state index contributed by atoms with van der Waals surface area (Å²) in [6, 6.07) is 7.47. The second-order valence-electron chi connectivity index (χ2n) is 5.27. The maximum absolute atomic E-state index is 12.7. The molecule has 1 heterocycles. The van der Waals surface area contributed by atoms with Crippen molar-refractivity contribution in [2.75, 3.05) is 33.4 Å². The summed E-state index contributed by atoms with van der Waals surface area (Å²) in [6.45, 7) is 2.56. The molecular formula is C17H22N2O2. The molecule has 0 radical (unpaired) electrons. The first kappa shape index (κ1) is 15.6. The van der Waals surface area contributed by atoms with Gasteiger partial charge >= 0.3 is 0 Å². The van der Waals surface area contributed by atoms with Crippen LogP contribution < -0.4 is 5.73 Å². The van der Waals surface area contributed by atoms with Crippen molar-refractivity contribution in [3.8, 4) is 11.8 Å². The first-order valence-corrected chi connectivity index (χ1v) is 7.32. The standard InChI is InChI=1S/C17H22N2O2/c1-21-13-14-6-5-11-19(12-14)17(20)16-9-3-2-7-15(16)8-4-10-18/h2-3,7,9,14H,5-6,10-13,18H2,1H3. The van der Waals surface area contributed by atoms with Gasteiger partial charge in [0.2, 0.25) is 0 Å². The fourth-order valence-electron chi connectivity index (χ4n) is 2.72. The molecule has 1 amide bonds. The first-order valence-electron chi connectivity index (χ1n) is 7.32. The maximum atomic E-state index is 12.7. The molecule has 4 nitrogen and oxygen atoms in total. The highest BCUT2D eigenvalue weighted by Gasteiger charge is 2.25. The number of hydrogen-bond acceptors (Lipinski definition) is 3. The van der Waals surface area contributed by atoms with Crippen LogP contribution >= 0.6 is 0 Å². The molecule has 21 heavy (non-hydrogen) atoms. The number of nitrogens with two attached hydrogens (primary N) is 1. The predicted molar refractivity (Wildman–Crippen MR) is 82.9 cm³/mol. The molecule has 0 aromatic heterocycles. The van der Waals surface area contributed by atoms with E-state index in [4.69, 9.17) is 10.5 Å². The van der Waals surface area contributed by atoms with Gasteiger partial charge in [-0.1, -0.05) is 24.0 Å². The highest BCUT2D eigenvalue weighted by molar-refractivity contribution is 5.96. The lowest BCUT2D eigenvalue weighted by atomic mass is 9.97. The van der Waals surface area contributed by atoms with E-state index in [9.17, 15) is 4.79 Å². The van der Waals surface area contributed by atoms with Gasteiger partial charge in [0.1, 0.15) is 0 Å². The van der Waals surface area contributed by atoms with Crippen molar-refractivity contribution in [2.24, 2.45) is 11.7 Å². The molecular weight excluding hydrogens is 264 g/mol. The van der Waals surface area contributed by atoms with Crippen molar-refractivity contribution in [3.63, 3.8) is 0 Å². The Balaban J connectivity index is 2.16. The van der Waals surface area contributed by atoms with E-state index in [0.717, 1.165) is 31.5 Å². The molecule has 0 bridgehead atoms. The van der Waals surface area contributed by atoms with Crippen molar-refractivity contribution in [1.82, 2.24) is 4.90 Å². The zero-order valence-corrected chi connectivity index (χ0v) is 12.5. The molecule has 112 valence electrons. The molecule has 2 N–H and O–H groups in total. The van der Waals surface area contributed by atoms with Gasteiger partial charge in [-0.3, -0.25) is 4.79 Å². The Morgan fingerprint density at radius 2 is 2.29 bits per heavy atom. The van der Waals surface area contributed by atoms with Crippen molar-refractivity contribution >= 4 is 5.91 Å². The van der Waals surface area contributed by atoms with Crippen molar-refractivity contribution < 1.29 is 9.53 Å². The molecule has 1 unspecified atom stereocenters. The number of nitrogens with zero attached hydrogens (tertiary/aromatic N) is 1. The van der Waals surface area contributed by atoms with Gasteiger partial charge in [0.15, 0.2) is 0 Å². The summed E-state index contributed by atoms with van der Waals surface area (Å²) in [5, 5.41) is 0. The fraction of sp³-hybridized carbons (Fsp3) is 0.471. The highest BCUT2D eigenvalue weighted by atomic mass is 16.5. The zero-order valence-electron chi connectivity index (χ0n) is 12.5. The third kappa shape index (κ3) is 4.07. The number of carbonyl (C=O) groups excluding carboxylic acids is 1. The van der Waals surface area contributed by atoms with Crippen molar-refractivity contribution in [1.29, 1.82) is 0 Å². The number of benzene rings is 1. The second kappa shape index (κ2) is 7.82. The fourth-order valence-corrected chi connectivity index (χ4v) is 2.72. The molecule has 4 heteroatoms. The number of methoxy groups -OCH3 is 1. The number of amides is 1. The normalized spacial score (nSPS) is 18.0. The SMILES string of the molecule is COCC1CCCN(C(=O)c2ccccc2C#CCN)C1. The maximum Gasteiger partial charge on any atom is 0.255 e. The van der Waals surface area contributed by atoms with Crippen molar-refractivity contribution in [2.45, 2.75) is 12.8 Å². The summed E-state index contributed by atoms with van der Waals surface area (Å²) in [5.74, 6) is 6.28. The molecule has 1 aromatic rings. The minimum Gasteiger partial charge on any atom is -0.384 e. The Hall–Kier alpha value is -1.83. The molecule has 1 atom stereocenters. The monoisotopic (exact) mass is 286 g/mol. The van der Waals surface area contributed by atoms with E-state index < -0.39 is 0 Å². The van der Waals surface area contributed by atoms with Crippen LogP contribution in [0.3, 0.4) is 0 Å². The number of ether oxygens (including phenoxy) is 1. The van der Waals surface area contributed by atoms with Crippen LogP contribution in [-0.4, -0.2) is 44.2 Å². The van der Waals surface area contributed by atoms with E-state index in [1.165, 1.54) is 0 Å². The zero-order chi connectivity index (χ0) is 15.1. The molecule has 1 aliphatic rings. The Morgan fingerprint density at radius 1 is 1.48 bits per heavy atom. The quantitative estimate of drug-likeness (QED) is 0.857. The molecule has 1 aromatic carbocycles. The van der Waals surface area contributed by atoms with E-state index in [-0.39, 0.29) is 5.91 Å². The van der Waals surface area contributed by atoms with Gasteiger partial charge in [-0.25, -0.2) is 0 Å². The van der Waals surface area contributed by atoms with Gasteiger partial charge < -0.3 is 15.4 Å². The molecule has 1 fully saturated rings. The summed E-state index contributed by atoms with van der Waals surface area (Å²) < 4.78 is 5.22. The second-order valence-corrected chi connectivity index (χ2v) is 5.27. The smallest absolute Gasteiger partial charge is 0.255 e. The lowest BCUT2D eigenvalue weighted by molar-refractivity contribution is 0.0570. The van der Waals surface area contributed by atoms with E-state index in [2.05, 4.69) is 11.8 Å². The number of carbonyl (C=O) groups is 1. The number of rotatable bonds is 3. The van der Waals surface area contributed by atoms with Gasteiger partial charge in [0.25, 0.3) is 5.91 Å². The van der Waals surface area contributed by atoms with Gasteiger partial charge in [-0.05, 0) is 30.9 Å². The van der Waals surface area contributed by atoms with Gasteiger partial charge in [-0.2, -0.15) is 0 Å². The van der Waals surface area contributed by atoms with Crippen LogP contribution in [0.1, 0.15) is 28.8 Å². The van der Waals surface area contributed by atoms with Crippen LogP contribution in [0.25, 0.3) is 0 Å². The molecule has 0 spiro atoms. The number of hydrogen-bond donors (Lipinski definition) is 1. The summed E-state index contributed by atoms with van der Waals surface area (Å²) in [4.78, 5) is 14.6. The summed E-state index contributed by atoms with van der Waals surface area (Å²) in [5.41, 5.74) is 6.83. The van der Waals surface area contributed by atoms with Crippen LogP contribution in [0.4, 0.5) is 0 Å². The third-order valence-electron chi connectivity index (χ3n) is 3.69. The molecule has 0 saturated carbocycles. The Kier molecular flexibility index (Phi) is 5.79. The topological polar surface area (TPSA) is 55.6 Å². The Bertz CT molecular complexity index is 543. The Morgan fingerprint density at radius 3 is 3.05 bits per heavy atom.